The van der Waals surface area contributed by atoms with E-state index < -0.39 is 0 Å². The minimum atomic E-state index is -0.208. The van der Waals surface area contributed by atoms with Crippen LogP contribution in [0.25, 0.3) is 21.8 Å². The normalized spacial score (nSPS) is 11.4. The molecule has 4 rings (SSSR count). The zero-order valence-electron chi connectivity index (χ0n) is 14.2. The van der Waals surface area contributed by atoms with E-state index >= 15 is 0 Å². The highest BCUT2D eigenvalue weighted by Crippen LogP contribution is 2.14. The van der Waals surface area contributed by atoms with Crippen molar-refractivity contribution < 1.29 is 9.15 Å². The number of aromatic nitrogens is 3. The van der Waals surface area contributed by atoms with Gasteiger partial charge in [-0.25, -0.2) is 4.98 Å². The van der Waals surface area contributed by atoms with Crippen molar-refractivity contribution in [1.29, 1.82) is 0 Å². The molecule has 0 amide bonds. The molecule has 0 fully saturated rings. The highest BCUT2D eigenvalue weighted by molar-refractivity contribution is 5.91. The van der Waals surface area contributed by atoms with Gasteiger partial charge < -0.3 is 18.3 Å². The predicted molar refractivity (Wildman–Crippen MR) is 97.5 cm³/mol. The standard InChI is InChI=1S/C19H17N3O4/c1-25-10-8-21-6-4-16-14(18(21)23)11-15-17(20-16)5-7-22(19(15)24)12-13-3-2-9-26-13/h2-7,9,11H,8,10,12H2,1H3. The maximum absolute atomic E-state index is 12.8. The summed E-state index contributed by atoms with van der Waals surface area (Å²) in [6.45, 7) is 1.20. The Labute approximate surface area is 148 Å². The Balaban J connectivity index is 1.87. The molecule has 4 aromatic rings. The topological polar surface area (TPSA) is 79.3 Å². The lowest BCUT2D eigenvalue weighted by Crippen LogP contribution is -2.23. The molecule has 4 aromatic heterocycles. The summed E-state index contributed by atoms with van der Waals surface area (Å²) in [4.78, 5) is 30.0. The molecule has 0 saturated heterocycles. The molecule has 4 heterocycles. The average molecular weight is 351 g/mol. The minimum absolute atomic E-state index is 0.185. The zero-order valence-corrected chi connectivity index (χ0v) is 14.2. The fourth-order valence-corrected chi connectivity index (χ4v) is 2.97. The number of rotatable bonds is 5. The Morgan fingerprint density at radius 2 is 1.73 bits per heavy atom. The number of furan rings is 1. The van der Waals surface area contributed by atoms with Crippen molar-refractivity contribution in [3.8, 4) is 0 Å². The van der Waals surface area contributed by atoms with Gasteiger partial charge in [0.2, 0.25) is 0 Å². The van der Waals surface area contributed by atoms with Crippen LogP contribution in [0.3, 0.4) is 0 Å². The number of pyridine rings is 3. The van der Waals surface area contributed by atoms with Crippen molar-refractivity contribution in [2.75, 3.05) is 13.7 Å². The van der Waals surface area contributed by atoms with Crippen LogP contribution in [-0.4, -0.2) is 27.8 Å². The van der Waals surface area contributed by atoms with Gasteiger partial charge in [0.1, 0.15) is 5.76 Å². The van der Waals surface area contributed by atoms with Crippen LogP contribution in [0.2, 0.25) is 0 Å². The van der Waals surface area contributed by atoms with Gasteiger partial charge in [-0.1, -0.05) is 0 Å². The van der Waals surface area contributed by atoms with Gasteiger partial charge in [0.05, 0.1) is 41.2 Å². The highest BCUT2D eigenvalue weighted by Gasteiger charge is 2.10. The van der Waals surface area contributed by atoms with E-state index in [2.05, 4.69) is 4.98 Å². The lowest BCUT2D eigenvalue weighted by atomic mass is 10.2. The zero-order chi connectivity index (χ0) is 18.1. The lowest BCUT2D eigenvalue weighted by molar-refractivity contribution is 0.186. The molecular weight excluding hydrogens is 334 g/mol. The first-order chi connectivity index (χ1) is 12.7. The van der Waals surface area contributed by atoms with E-state index in [0.29, 0.717) is 47.3 Å². The molecule has 26 heavy (non-hydrogen) atoms. The van der Waals surface area contributed by atoms with E-state index in [1.54, 1.807) is 59.2 Å². The fourth-order valence-electron chi connectivity index (χ4n) is 2.97. The van der Waals surface area contributed by atoms with Gasteiger partial charge in [0, 0.05) is 26.0 Å². The summed E-state index contributed by atoms with van der Waals surface area (Å²) in [7, 11) is 1.59. The monoisotopic (exact) mass is 351 g/mol. The van der Waals surface area contributed by atoms with Crippen molar-refractivity contribution in [2.24, 2.45) is 0 Å². The lowest BCUT2D eigenvalue weighted by Gasteiger charge is -2.08. The maximum atomic E-state index is 12.8. The van der Waals surface area contributed by atoms with Crippen LogP contribution >= 0.6 is 0 Å². The number of hydrogen-bond acceptors (Lipinski definition) is 5. The van der Waals surface area contributed by atoms with Crippen LogP contribution in [0.1, 0.15) is 5.76 Å². The number of hydrogen-bond donors (Lipinski definition) is 0. The van der Waals surface area contributed by atoms with Crippen molar-refractivity contribution in [1.82, 2.24) is 14.1 Å². The Morgan fingerprint density at radius 3 is 2.38 bits per heavy atom. The number of nitrogens with zero attached hydrogens (tertiary/aromatic N) is 3. The second kappa shape index (κ2) is 6.61. The van der Waals surface area contributed by atoms with Gasteiger partial charge in [0.25, 0.3) is 11.1 Å². The summed E-state index contributed by atoms with van der Waals surface area (Å²) in [5, 5.41) is 0.831. The second-order valence-electron chi connectivity index (χ2n) is 5.99. The fraction of sp³-hybridized carbons (Fsp3) is 0.211. The molecule has 0 saturated carbocycles. The van der Waals surface area contributed by atoms with Crippen LogP contribution < -0.4 is 11.1 Å². The number of methoxy groups -OCH3 is 1. The van der Waals surface area contributed by atoms with Crippen molar-refractivity contribution in [3.63, 3.8) is 0 Å². The van der Waals surface area contributed by atoms with Crippen LogP contribution in [0.4, 0.5) is 0 Å². The molecule has 0 unspecified atom stereocenters. The third-order valence-corrected chi connectivity index (χ3v) is 4.33. The Hall–Kier alpha value is -3.19. The first-order valence-corrected chi connectivity index (χ1v) is 8.22. The Kier molecular flexibility index (Phi) is 4.14. The third kappa shape index (κ3) is 2.82. The SMILES string of the molecule is COCCn1ccc2nc3ccn(Cc4ccco4)c(=O)c3cc2c1=O. The Bertz CT molecular complexity index is 1190. The smallest absolute Gasteiger partial charge is 0.260 e. The van der Waals surface area contributed by atoms with Crippen LogP contribution in [-0.2, 0) is 17.8 Å². The molecule has 0 bridgehead atoms. The van der Waals surface area contributed by atoms with Crippen molar-refractivity contribution in [2.45, 2.75) is 13.1 Å². The first kappa shape index (κ1) is 16.3. The summed E-state index contributed by atoms with van der Waals surface area (Å²) >= 11 is 0. The van der Waals surface area contributed by atoms with Gasteiger partial charge in [-0.15, -0.1) is 0 Å². The van der Waals surface area contributed by atoms with Crippen molar-refractivity contribution >= 4 is 21.8 Å². The van der Waals surface area contributed by atoms with E-state index in [0.717, 1.165) is 0 Å². The number of fused-ring (bicyclic) bond motifs is 2. The average Bonchev–Trinajstić information content (AvgIpc) is 3.16. The summed E-state index contributed by atoms with van der Waals surface area (Å²) in [6, 6.07) is 8.77. The van der Waals surface area contributed by atoms with Crippen LogP contribution in [0.15, 0.2) is 63.0 Å². The van der Waals surface area contributed by atoms with Crippen LogP contribution in [0, 0.1) is 0 Å². The minimum Gasteiger partial charge on any atom is -0.467 e. The summed E-state index contributed by atoms with van der Waals surface area (Å²) in [5.74, 6) is 0.683. The summed E-state index contributed by atoms with van der Waals surface area (Å²) < 4.78 is 13.4. The molecule has 0 aliphatic carbocycles. The Morgan fingerprint density at radius 1 is 1.04 bits per heavy atom. The molecule has 0 radical (unpaired) electrons. The molecular formula is C19H17N3O4. The van der Waals surface area contributed by atoms with Gasteiger partial charge >= 0.3 is 0 Å². The third-order valence-electron chi connectivity index (χ3n) is 4.33. The number of ether oxygens (including phenoxy) is 1. The quantitative estimate of drug-likeness (QED) is 0.514. The van der Waals surface area contributed by atoms with Gasteiger partial charge in [-0.3, -0.25) is 9.59 Å². The van der Waals surface area contributed by atoms with E-state index in [4.69, 9.17) is 9.15 Å². The largest absolute Gasteiger partial charge is 0.467 e. The van der Waals surface area contributed by atoms with Crippen LogP contribution in [0.5, 0.6) is 0 Å². The molecule has 0 N–H and O–H groups in total. The predicted octanol–water partition coefficient (Wildman–Crippen LogP) is 2.00. The van der Waals surface area contributed by atoms with Gasteiger partial charge in [-0.2, -0.15) is 0 Å². The molecule has 0 aliphatic heterocycles. The van der Waals surface area contributed by atoms with Gasteiger partial charge in [0.15, 0.2) is 0 Å². The van der Waals surface area contributed by atoms with Gasteiger partial charge in [-0.05, 0) is 30.3 Å². The highest BCUT2D eigenvalue weighted by atomic mass is 16.5. The van der Waals surface area contributed by atoms with Crippen molar-refractivity contribution in [3.05, 3.63) is 75.5 Å². The van der Waals surface area contributed by atoms with E-state index in [-0.39, 0.29) is 11.1 Å². The van der Waals surface area contributed by atoms with E-state index in [1.165, 1.54) is 0 Å². The molecule has 7 nitrogen and oxygen atoms in total. The summed E-state index contributed by atoms with van der Waals surface area (Å²) in [6.07, 6.45) is 4.95. The molecule has 0 aliphatic rings. The van der Waals surface area contributed by atoms with E-state index in [9.17, 15) is 9.59 Å². The molecule has 0 atom stereocenters. The molecule has 7 heteroatoms. The first-order valence-electron chi connectivity index (χ1n) is 8.22. The van der Waals surface area contributed by atoms with E-state index in [1.807, 2.05) is 6.07 Å². The molecule has 132 valence electrons. The second-order valence-corrected chi connectivity index (χ2v) is 5.99. The maximum Gasteiger partial charge on any atom is 0.260 e. The summed E-state index contributed by atoms with van der Waals surface area (Å²) in [5.41, 5.74) is 0.737. The molecule has 0 spiro atoms. The molecule has 0 aromatic carbocycles.